The molecule has 0 unspecified atom stereocenters. The Balaban J connectivity index is 2.08. The van der Waals surface area contributed by atoms with Crippen molar-refractivity contribution in [3.05, 3.63) is 69.3 Å². The van der Waals surface area contributed by atoms with Gasteiger partial charge >= 0.3 is 5.97 Å². The smallest absolute Gasteiger partial charge is 0.338 e. The zero-order chi connectivity index (χ0) is 20.8. The van der Waals surface area contributed by atoms with Crippen molar-refractivity contribution < 1.29 is 19.2 Å². The molecule has 0 aliphatic carbocycles. The normalized spacial score (nSPS) is 12.7. The number of carbonyl (C=O) groups excluding carboxylic acids is 2. The van der Waals surface area contributed by atoms with Gasteiger partial charge in [-0.15, -0.1) is 0 Å². The lowest BCUT2D eigenvalue weighted by molar-refractivity contribution is -0.385. The predicted octanol–water partition coefficient (Wildman–Crippen LogP) is 4.60. The lowest BCUT2D eigenvalue weighted by Gasteiger charge is -2.18. The van der Waals surface area contributed by atoms with Crippen molar-refractivity contribution in [3.63, 3.8) is 0 Å². The van der Waals surface area contributed by atoms with E-state index >= 15 is 0 Å². The van der Waals surface area contributed by atoms with Crippen molar-refractivity contribution in [2.45, 2.75) is 46.1 Å². The fourth-order valence-corrected chi connectivity index (χ4v) is 2.76. The topological polar surface area (TPSA) is 98.5 Å². The molecule has 0 saturated heterocycles. The fraction of sp³-hybridized carbons (Fsp3) is 0.333. The summed E-state index contributed by atoms with van der Waals surface area (Å²) >= 11 is 0. The number of para-hydroxylation sites is 1. The molecule has 0 spiro atoms. The molecule has 0 radical (unpaired) electrons. The maximum absolute atomic E-state index is 12.5. The molecule has 148 valence electrons. The summed E-state index contributed by atoms with van der Waals surface area (Å²) in [5, 5.41) is 13.7. The van der Waals surface area contributed by atoms with E-state index in [0.717, 1.165) is 12.0 Å². The lowest BCUT2D eigenvalue weighted by Crippen LogP contribution is -2.30. The minimum atomic E-state index is -1.02. The molecule has 0 saturated carbocycles. The Morgan fingerprint density at radius 2 is 1.86 bits per heavy atom. The first-order valence-electron chi connectivity index (χ1n) is 9.10. The van der Waals surface area contributed by atoms with Gasteiger partial charge in [-0.05, 0) is 49.9 Å². The number of nitrogens with zero attached hydrogens (tertiary/aromatic N) is 1. The van der Waals surface area contributed by atoms with Gasteiger partial charge in [-0.3, -0.25) is 14.9 Å². The number of nitrogens with one attached hydrogen (secondary N) is 1. The van der Waals surface area contributed by atoms with E-state index in [1.54, 1.807) is 0 Å². The first-order chi connectivity index (χ1) is 13.2. The van der Waals surface area contributed by atoms with Crippen molar-refractivity contribution in [2.24, 2.45) is 0 Å². The highest BCUT2D eigenvalue weighted by molar-refractivity contribution is 5.98. The monoisotopic (exact) mass is 384 g/mol. The van der Waals surface area contributed by atoms with Crippen molar-refractivity contribution in [3.8, 4) is 0 Å². The minimum Gasteiger partial charge on any atom is -0.449 e. The second kappa shape index (κ2) is 9.12. The van der Waals surface area contributed by atoms with Gasteiger partial charge in [-0.1, -0.05) is 32.0 Å². The highest BCUT2D eigenvalue weighted by atomic mass is 16.6. The molecule has 7 heteroatoms. The molecule has 7 nitrogen and oxygen atoms in total. The van der Waals surface area contributed by atoms with Crippen LogP contribution in [0.3, 0.4) is 0 Å². The molecule has 0 fully saturated rings. The highest BCUT2D eigenvalue weighted by Crippen LogP contribution is 2.26. The number of aryl methyl sites for hydroxylation is 1. The van der Waals surface area contributed by atoms with Crippen LogP contribution in [0.2, 0.25) is 0 Å². The molecule has 0 aliphatic heterocycles. The molecule has 0 aliphatic rings. The average Bonchev–Trinajstić information content (AvgIpc) is 2.67. The maximum atomic E-state index is 12.5. The number of nitro groups is 1. The molecule has 0 heterocycles. The average molecular weight is 384 g/mol. The largest absolute Gasteiger partial charge is 0.449 e. The molecule has 1 N–H and O–H groups in total. The number of anilines is 1. The van der Waals surface area contributed by atoms with Crippen LogP contribution in [-0.4, -0.2) is 22.9 Å². The van der Waals surface area contributed by atoms with E-state index in [9.17, 15) is 19.7 Å². The highest BCUT2D eigenvalue weighted by Gasteiger charge is 2.22. The fourth-order valence-electron chi connectivity index (χ4n) is 2.76. The van der Waals surface area contributed by atoms with Gasteiger partial charge in [0.1, 0.15) is 0 Å². The van der Waals surface area contributed by atoms with Gasteiger partial charge < -0.3 is 10.1 Å². The number of ether oxygens (including phenoxy) is 1. The molecule has 2 rings (SSSR count). The molecule has 0 aromatic heterocycles. The second-order valence-electron chi connectivity index (χ2n) is 6.69. The van der Waals surface area contributed by atoms with Crippen LogP contribution in [0.25, 0.3) is 0 Å². The van der Waals surface area contributed by atoms with E-state index in [0.29, 0.717) is 11.3 Å². The summed E-state index contributed by atoms with van der Waals surface area (Å²) in [5.74, 6) is -0.879. The van der Waals surface area contributed by atoms with E-state index in [-0.39, 0.29) is 17.2 Å². The third kappa shape index (κ3) is 4.94. The summed E-state index contributed by atoms with van der Waals surface area (Å²) in [7, 11) is 0. The van der Waals surface area contributed by atoms with E-state index < -0.39 is 22.9 Å². The molecular formula is C21H24N2O5. The standard InChI is InChI=1S/C21H24N2O5/c1-5-13(2)17-8-6-7-9-18(17)22-20(24)15(4)28-21(25)16-10-11-19(23(26)27)14(3)12-16/h6-13,15H,5H2,1-4H3,(H,22,24)/t13-,15+/m0/s1. The number of hydrogen-bond acceptors (Lipinski definition) is 5. The van der Waals surface area contributed by atoms with Gasteiger partial charge in [-0.2, -0.15) is 0 Å². The summed E-state index contributed by atoms with van der Waals surface area (Å²) in [4.78, 5) is 35.1. The van der Waals surface area contributed by atoms with Crippen molar-refractivity contribution >= 4 is 23.3 Å². The molecular weight excluding hydrogens is 360 g/mol. The lowest BCUT2D eigenvalue weighted by atomic mass is 9.97. The third-order valence-electron chi connectivity index (χ3n) is 4.64. The Morgan fingerprint density at radius 1 is 1.18 bits per heavy atom. The maximum Gasteiger partial charge on any atom is 0.338 e. The Bertz CT molecular complexity index is 894. The molecule has 0 bridgehead atoms. The van der Waals surface area contributed by atoms with Crippen molar-refractivity contribution in [1.29, 1.82) is 0 Å². The minimum absolute atomic E-state index is 0.0796. The van der Waals surface area contributed by atoms with Crippen LogP contribution in [0.1, 0.15) is 54.6 Å². The number of hydrogen-bond donors (Lipinski definition) is 1. The van der Waals surface area contributed by atoms with Gasteiger partial charge in [0.15, 0.2) is 6.10 Å². The van der Waals surface area contributed by atoms with E-state index in [4.69, 9.17) is 4.74 Å². The zero-order valence-electron chi connectivity index (χ0n) is 16.4. The molecule has 28 heavy (non-hydrogen) atoms. The van der Waals surface area contributed by atoms with E-state index in [1.165, 1.54) is 32.0 Å². The summed E-state index contributed by atoms with van der Waals surface area (Å²) in [6.45, 7) is 7.17. The van der Waals surface area contributed by atoms with Crippen LogP contribution >= 0.6 is 0 Å². The quantitative estimate of drug-likeness (QED) is 0.427. The van der Waals surface area contributed by atoms with Crippen LogP contribution in [0.15, 0.2) is 42.5 Å². The third-order valence-corrected chi connectivity index (χ3v) is 4.64. The zero-order valence-corrected chi connectivity index (χ0v) is 16.4. The van der Waals surface area contributed by atoms with Gasteiger partial charge in [0.25, 0.3) is 11.6 Å². The van der Waals surface area contributed by atoms with Crippen LogP contribution in [0.4, 0.5) is 11.4 Å². The summed E-state index contributed by atoms with van der Waals surface area (Å²) < 4.78 is 5.23. The number of esters is 1. The van der Waals surface area contributed by atoms with Gasteiger partial charge in [-0.25, -0.2) is 4.79 Å². The number of nitro benzene ring substituents is 1. The number of rotatable bonds is 7. The van der Waals surface area contributed by atoms with E-state index in [2.05, 4.69) is 19.2 Å². The number of amides is 1. The Hall–Kier alpha value is -3.22. The number of benzene rings is 2. The Kier molecular flexibility index (Phi) is 6.87. The SMILES string of the molecule is CC[C@H](C)c1ccccc1NC(=O)[C@@H](C)OC(=O)c1ccc([N+](=O)[O-])c(C)c1. The van der Waals surface area contributed by atoms with Crippen LogP contribution < -0.4 is 5.32 Å². The molecule has 2 aromatic carbocycles. The van der Waals surface area contributed by atoms with Crippen molar-refractivity contribution in [2.75, 3.05) is 5.32 Å². The molecule has 2 atom stereocenters. The predicted molar refractivity (Wildman–Crippen MR) is 106 cm³/mol. The van der Waals surface area contributed by atoms with Crippen molar-refractivity contribution in [1.82, 2.24) is 0 Å². The molecule has 1 amide bonds. The van der Waals surface area contributed by atoms with Gasteiger partial charge in [0.2, 0.25) is 0 Å². The van der Waals surface area contributed by atoms with Crippen LogP contribution in [-0.2, 0) is 9.53 Å². The summed E-state index contributed by atoms with van der Waals surface area (Å²) in [6, 6.07) is 11.5. The van der Waals surface area contributed by atoms with E-state index in [1.807, 2.05) is 24.3 Å². The van der Waals surface area contributed by atoms with Gasteiger partial charge in [0.05, 0.1) is 10.5 Å². The molecule has 2 aromatic rings. The van der Waals surface area contributed by atoms with Gasteiger partial charge in [0, 0.05) is 17.3 Å². The van der Waals surface area contributed by atoms with Crippen LogP contribution in [0, 0.1) is 17.0 Å². The van der Waals surface area contributed by atoms with Crippen LogP contribution in [0.5, 0.6) is 0 Å². The number of carbonyl (C=O) groups is 2. The summed E-state index contributed by atoms with van der Waals surface area (Å²) in [6.07, 6.45) is -0.0929. The first kappa shape index (κ1) is 21.1. The Labute approximate surface area is 163 Å². The first-order valence-corrected chi connectivity index (χ1v) is 9.10. The Morgan fingerprint density at radius 3 is 2.46 bits per heavy atom. The second-order valence-corrected chi connectivity index (χ2v) is 6.69. The summed E-state index contributed by atoms with van der Waals surface area (Å²) in [5.41, 5.74) is 2.13.